The van der Waals surface area contributed by atoms with Crippen molar-refractivity contribution >= 4 is 87.0 Å². The monoisotopic (exact) mass is 1280 g/mol. The van der Waals surface area contributed by atoms with Gasteiger partial charge in [0.15, 0.2) is 0 Å². The number of fused-ring (bicyclic) bond motifs is 24. The summed E-state index contributed by atoms with van der Waals surface area (Å²) in [5.74, 6) is 1.11. The fourth-order valence-corrected chi connectivity index (χ4v) is 12.7. The van der Waals surface area contributed by atoms with Crippen LogP contribution in [0, 0.1) is 0 Å². The van der Waals surface area contributed by atoms with E-state index < -0.39 is 0 Å². The first kappa shape index (κ1) is 54.4. The Morgan fingerprint density at radius 3 is 0.847 bits per heavy atom. The fourth-order valence-electron chi connectivity index (χ4n) is 12.7. The zero-order valence-electron chi connectivity index (χ0n) is 50.3. The summed E-state index contributed by atoms with van der Waals surface area (Å²) in [6.45, 7) is 27.8. The van der Waals surface area contributed by atoms with Gasteiger partial charge in [-0.2, -0.15) is 0 Å². The van der Waals surface area contributed by atoms with Gasteiger partial charge in [-0.3, -0.25) is 4.98 Å². The smallest absolute Gasteiger partial charge is 0.435 e. The number of hydrogen-bond acceptors (Lipinski definition) is 4. The molecular formula is C78H66N6Pt. The van der Waals surface area contributed by atoms with Crippen LogP contribution >= 0.6 is 0 Å². The molecule has 8 bridgehead atoms. The summed E-state index contributed by atoms with van der Waals surface area (Å²) in [6, 6.07) is 67.3. The molecule has 0 fully saturated rings. The molecule has 0 unspecified atom stereocenters. The SMILES string of the molecule is CC(C)(C)c1cc(-c2c3nc(c(-c4cc(C(C)(C)C)cc(C(C)(C)C)c4)c4[n-]c(nc5nc(nc6[n-]c2c2cc7ccccc7cc62)-c2cc6ccccc6cc2-5)c2cc5ccccc5cc42)-c2cc4ccccc4cc2-3)cc(C(C)(C)C)c1.[Pt+2]. The Morgan fingerprint density at radius 1 is 0.282 bits per heavy atom. The maximum atomic E-state index is 6.29. The summed E-state index contributed by atoms with van der Waals surface area (Å²) in [5, 5.41) is 12.7. The number of aromatic nitrogens is 6. The van der Waals surface area contributed by atoms with Crippen molar-refractivity contribution in [3.05, 3.63) is 204 Å². The van der Waals surface area contributed by atoms with Crippen molar-refractivity contribution in [2.45, 2.75) is 105 Å². The van der Waals surface area contributed by atoms with Gasteiger partial charge in [-0.25, -0.2) is 4.98 Å². The van der Waals surface area contributed by atoms with Crippen molar-refractivity contribution in [1.29, 1.82) is 0 Å². The average Bonchev–Trinajstić information content (AvgIpc) is 2.66. The van der Waals surface area contributed by atoms with E-state index in [4.69, 9.17) is 29.9 Å². The van der Waals surface area contributed by atoms with E-state index >= 15 is 0 Å². The van der Waals surface area contributed by atoms with Crippen LogP contribution in [0.15, 0.2) is 182 Å². The standard InChI is InChI=1S/C78H66N6.Pt/c1-75(2,3)53-29-51(30-54(41-53)76(4,5)6)65-67-57-33-43-21-13-14-22-44(43)34-58(57)68(79-67)66(52-31-55(77(7,8)9)42-56(32-52)78(10,11)12)70-60-36-46-24-16-18-26-48(46)38-62(60)72(81-70)83-74-64-40-50-28-20-19-27-49(50)39-63(64)73(84-74)82-71-61-37-47-25-17-15-23-45(47)35-59(61)69(65)80-71;/h13-42H,1-12H3;/q-2;+2. The molecule has 6 nitrogen and oxygen atoms in total. The maximum Gasteiger partial charge on any atom is 2.00 e. The molecule has 7 heteroatoms. The van der Waals surface area contributed by atoms with Gasteiger partial charge in [0.2, 0.25) is 0 Å². The van der Waals surface area contributed by atoms with E-state index in [0.29, 0.717) is 22.9 Å². The van der Waals surface area contributed by atoms with Crippen LogP contribution in [0.1, 0.15) is 105 Å². The second-order valence-electron chi connectivity index (χ2n) is 27.7. The fraction of sp³-hybridized carbons (Fsp3) is 0.205. The van der Waals surface area contributed by atoms with Crippen molar-refractivity contribution in [1.82, 2.24) is 29.9 Å². The third kappa shape index (κ3) is 9.10. The Hall–Kier alpha value is -8.57. The van der Waals surface area contributed by atoms with Crippen LogP contribution in [0.2, 0.25) is 0 Å². The van der Waals surface area contributed by atoms with Gasteiger partial charge in [0, 0.05) is 33.4 Å². The number of benzene rings is 10. The molecule has 418 valence electrons. The number of hydrogen-bond donors (Lipinski definition) is 0. The van der Waals surface area contributed by atoms with Crippen LogP contribution in [0.25, 0.3) is 155 Å². The van der Waals surface area contributed by atoms with Gasteiger partial charge >= 0.3 is 21.1 Å². The summed E-state index contributed by atoms with van der Waals surface area (Å²) in [7, 11) is 0. The van der Waals surface area contributed by atoms with E-state index in [2.05, 4.69) is 265 Å². The van der Waals surface area contributed by atoms with E-state index in [1.165, 1.54) is 22.3 Å². The summed E-state index contributed by atoms with van der Waals surface area (Å²) in [4.78, 5) is 34.9. The van der Waals surface area contributed by atoms with Gasteiger partial charge in [-0.15, -0.1) is 0 Å². The summed E-state index contributed by atoms with van der Waals surface area (Å²) < 4.78 is 0. The molecule has 0 N–H and O–H groups in total. The van der Waals surface area contributed by atoms with Crippen LogP contribution in [0.5, 0.6) is 0 Å². The molecular weight excluding hydrogens is 1220 g/mol. The molecule has 0 atom stereocenters. The number of rotatable bonds is 2. The van der Waals surface area contributed by atoms with Gasteiger partial charge in [-0.1, -0.05) is 217 Å². The first-order chi connectivity index (χ1) is 40.1. The minimum atomic E-state index is -0.191. The molecule has 0 aliphatic carbocycles. The molecule has 0 amide bonds. The molecule has 85 heavy (non-hydrogen) atoms. The van der Waals surface area contributed by atoms with E-state index in [1.807, 2.05) is 0 Å². The second-order valence-corrected chi connectivity index (χ2v) is 27.7. The second kappa shape index (κ2) is 19.2. The van der Waals surface area contributed by atoms with E-state index in [1.54, 1.807) is 0 Å². The zero-order valence-corrected chi connectivity index (χ0v) is 52.6. The first-order valence-corrected chi connectivity index (χ1v) is 29.6. The normalized spacial score (nSPS) is 12.8. The molecule has 0 spiro atoms. The Kier molecular flexibility index (Phi) is 12.3. The summed E-state index contributed by atoms with van der Waals surface area (Å²) in [5.41, 5.74) is 16.5. The summed E-state index contributed by atoms with van der Waals surface area (Å²) >= 11 is 0. The number of nitrogens with zero attached hydrogens (tertiary/aromatic N) is 6. The predicted octanol–water partition coefficient (Wildman–Crippen LogP) is 20.5. The minimum Gasteiger partial charge on any atom is -0.435 e. The zero-order chi connectivity index (χ0) is 57.9. The minimum absolute atomic E-state index is 0. The predicted molar refractivity (Wildman–Crippen MR) is 354 cm³/mol. The molecule has 3 aromatic heterocycles. The van der Waals surface area contributed by atoms with Crippen molar-refractivity contribution in [3.63, 3.8) is 0 Å². The largest absolute Gasteiger partial charge is 2.00 e. The van der Waals surface area contributed by atoms with Crippen molar-refractivity contribution in [3.8, 4) is 67.5 Å². The summed E-state index contributed by atoms with van der Waals surface area (Å²) in [6.07, 6.45) is 0. The maximum absolute atomic E-state index is 6.29. The molecule has 13 aromatic rings. The molecule has 0 saturated carbocycles. The van der Waals surface area contributed by atoms with E-state index in [9.17, 15) is 0 Å². The molecule has 10 aromatic carbocycles. The van der Waals surface area contributed by atoms with Gasteiger partial charge < -0.3 is 19.9 Å². The Bertz CT molecular complexity index is 4800. The van der Waals surface area contributed by atoms with Gasteiger partial charge in [0.1, 0.15) is 0 Å². The topological polar surface area (TPSA) is 79.8 Å². The van der Waals surface area contributed by atoms with Crippen LogP contribution < -0.4 is 9.97 Å². The first-order valence-electron chi connectivity index (χ1n) is 29.6. The van der Waals surface area contributed by atoms with E-state index in [0.717, 1.165) is 132 Å². The third-order valence-electron chi connectivity index (χ3n) is 17.7. The molecule has 15 rings (SSSR count). The van der Waals surface area contributed by atoms with Crippen molar-refractivity contribution < 1.29 is 21.1 Å². The molecule has 2 aliphatic rings. The quantitative estimate of drug-likeness (QED) is 0.172. The molecule has 5 heterocycles. The van der Waals surface area contributed by atoms with Gasteiger partial charge in [0.05, 0.1) is 23.0 Å². The Labute approximate surface area is 511 Å². The Balaban J connectivity index is 0.00000640. The third-order valence-corrected chi connectivity index (χ3v) is 17.7. The van der Waals surface area contributed by atoms with E-state index in [-0.39, 0.29) is 42.7 Å². The molecule has 2 aliphatic heterocycles. The van der Waals surface area contributed by atoms with Crippen molar-refractivity contribution in [2.24, 2.45) is 0 Å². The van der Waals surface area contributed by atoms with Crippen molar-refractivity contribution in [2.75, 3.05) is 0 Å². The Morgan fingerprint density at radius 2 is 0.553 bits per heavy atom. The molecule has 0 radical (unpaired) electrons. The van der Waals surface area contributed by atoms with Crippen LogP contribution in [-0.2, 0) is 42.7 Å². The van der Waals surface area contributed by atoms with Gasteiger partial charge in [0.25, 0.3) is 0 Å². The average molecular weight is 1280 g/mol. The van der Waals surface area contributed by atoms with Crippen LogP contribution in [0.4, 0.5) is 0 Å². The van der Waals surface area contributed by atoms with Crippen LogP contribution in [0.3, 0.4) is 0 Å². The molecule has 0 saturated heterocycles. The van der Waals surface area contributed by atoms with Gasteiger partial charge in [-0.05, 0) is 191 Å². The van der Waals surface area contributed by atoms with Crippen LogP contribution in [-0.4, -0.2) is 19.9 Å².